The molecule has 114 valence electrons. The Labute approximate surface area is 129 Å². The van der Waals surface area contributed by atoms with Gasteiger partial charge in [0.25, 0.3) is 0 Å². The van der Waals surface area contributed by atoms with Crippen molar-refractivity contribution in [3.8, 4) is 0 Å². The van der Waals surface area contributed by atoms with Crippen molar-refractivity contribution < 1.29 is 8.42 Å². The number of hydrogen-bond donors (Lipinski definition) is 3. The van der Waals surface area contributed by atoms with Crippen molar-refractivity contribution >= 4 is 32.7 Å². The van der Waals surface area contributed by atoms with Gasteiger partial charge in [-0.1, -0.05) is 0 Å². The van der Waals surface area contributed by atoms with Gasteiger partial charge < -0.3 is 11.1 Å². The molecular weight excluding hydrogens is 306 g/mol. The quantitative estimate of drug-likeness (QED) is 0.737. The maximum Gasteiger partial charge on any atom is 0.240 e. The Bertz CT molecular complexity index is 732. The minimum absolute atomic E-state index is 0.163. The van der Waals surface area contributed by atoms with Gasteiger partial charge in [-0.2, -0.15) is 0 Å². The van der Waals surface area contributed by atoms with Gasteiger partial charge in [0.05, 0.1) is 16.3 Å². The Morgan fingerprint density at radius 3 is 2.48 bits per heavy atom. The zero-order chi connectivity index (χ0) is 15.6. The van der Waals surface area contributed by atoms with Crippen LogP contribution in [-0.4, -0.2) is 15.5 Å². The van der Waals surface area contributed by atoms with Crippen molar-refractivity contribution in [3.63, 3.8) is 0 Å². The molecule has 0 unspecified atom stereocenters. The van der Waals surface area contributed by atoms with E-state index >= 15 is 0 Å². The van der Waals surface area contributed by atoms with E-state index in [1.165, 1.54) is 34.5 Å². The summed E-state index contributed by atoms with van der Waals surface area (Å²) in [5.74, 6) is 0. The van der Waals surface area contributed by atoms with E-state index in [1.54, 1.807) is 17.4 Å². The summed E-state index contributed by atoms with van der Waals surface area (Å²) in [6.45, 7) is 4.85. The van der Waals surface area contributed by atoms with Gasteiger partial charge in [0.1, 0.15) is 0 Å². The Hall–Kier alpha value is -1.57. The van der Waals surface area contributed by atoms with Crippen LogP contribution < -0.4 is 15.8 Å². The Kier molecular flexibility index (Phi) is 4.55. The second-order valence-corrected chi connectivity index (χ2v) is 7.99. The molecule has 0 fully saturated rings. The van der Waals surface area contributed by atoms with E-state index in [-0.39, 0.29) is 4.90 Å². The molecule has 1 aromatic heterocycles. The van der Waals surface area contributed by atoms with E-state index in [2.05, 4.69) is 30.0 Å². The zero-order valence-corrected chi connectivity index (χ0v) is 13.9. The number of anilines is 2. The number of nitrogen functional groups attached to an aromatic ring is 1. The van der Waals surface area contributed by atoms with Gasteiger partial charge in [0.2, 0.25) is 10.0 Å². The van der Waals surface area contributed by atoms with Crippen LogP contribution in [0.3, 0.4) is 0 Å². The number of benzene rings is 1. The highest BCUT2D eigenvalue weighted by atomic mass is 32.2. The molecule has 0 radical (unpaired) electrons. The SMILES string of the molecule is CNS(=O)(=O)c1ccc(NCc2cc(C)c(C)s2)c(N)c1. The molecule has 1 aromatic carbocycles. The smallest absolute Gasteiger partial charge is 0.240 e. The van der Waals surface area contributed by atoms with E-state index in [1.807, 2.05) is 0 Å². The number of hydrogen-bond acceptors (Lipinski definition) is 5. The number of aryl methyl sites for hydroxylation is 2. The lowest BCUT2D eigenvalue weighted by Gasteiger charge is -2.10. The summed E-state index contributed by atoms with van der Waals surface area (Å²) in [4.78, 5) is 2.68. The van der Waals surface area contributed by atoms with Gasteiger partial charge >= 0.3 is 0 Å². The minimum Gasteiger partial charge on any atom is -0.397 e. The van der Waals surface area contributed by atoms with E-state index < -0.39 is 10.0 Å². The van der Waals surface area contributed by atoms with Crippen molar-refractivity contribution in [2.45, 2.75) is 25.3 Å². The standard InChI is InChI=1S/C14H19N3O2S2/c1-9-6-11(20-10(9)2)8-17-14-5-4-12(7-13(14)15)21(18,19)16-3/h4-7,16-17H,8,15H2,1-3H3. The minimum atomic E-state index is -3.46. The molecule has 2 aromatic rings. The topological polar surface area (TPSA) is 84.2 Å². The van der Waals surface area contributed by atoms with Gasteiger partial charge in [-0.05, 0) is 50.7 Å². The third-order valence-corrected chi connectivity index (χ3v) is 5.84. The van der Waals surface area contributed by atoms with E-state index in [0.29, 0.717) is 12.2 Å². The fraction of sp³-hybridized carbons (Fsp3) is 0.286. The summed E-state index contributed by atoms with van der Waals surface area (Å²) in [5, 5.41) is 3.24. The van der Waals surface area contributed by atoms with Crippen molar-refractivity contribution in [2.75, 3.05) is 18.1 Å². The van der Waals surface area contributed by atoms with Gasteiger partial charge in [-0.25, -0.2) is 13.1 Å². The molecule has 0 aliphatic rings. The first kappa shape index (κ1) is 15.8. The van der Waals surface area contributed by atoms with Crippen LogP contribution in [0.2, 0.25) is 0 Å². The lowest BCUT2D eigenvalue weighted by molar-refractivity contribution is 0.588. The molecule has 21 heavy (non-hydrogen) atoms. The Balaban J connectivity index is 2.15. The molecule has 1 heterocycles. The van der Waals surface area contributed by atoms with Gasteiger partial charge in [-0.3, -0.25) is 0 Å². The monoisotopic (exact) mass is 325 g/mol. The number of nitrogens with one attached hydrogen (secondary N) is 2. The molecule has 5 nitrogen and oxygen atoms in total. The fourth-order valence-electron chi connectivity index (χ4n) is 1.91. The van der Waals surface area contributed by atoms with Crippen LogP contribution >= 0.6 is 11.3 Å². The summed E-state index contributed by atoms with van der Waals surface area (Å²) < 4.78 is 25.7. The van der Waals surface area contributed by atoms with Crippen LogP contribution in [0.4, 0.5) is 11.4 Å². The molecule has 0 aliphatic carbocycles. The van der Waals surface area contributed by atoms with E-state index in [4.69, 9.17) is 5.73 Å². The molecule has 0 saturated heterocycles. The molecule has 0 atom stereocenters. The van der Waals surface area contributed by atoms with Crippen molar-refractivity contribution in [1.29, 1.82) is 0 Å². The molecule has 2 rings (SSSR count). The van der Waals surface area contributed by atoms with Gasteiger partial charge in [-0.15, -0.1) is 11.3 Å². The summed E-state index contributed by atoms with van der Waals surface area (Å²) >= 11 is 1.74. The maximum absolute atomic E-state index is 11.7. The highest BCUT2D eigenvalue weighted by molar-refractivity contribution is 7.89. The third kappa shape index (κ3) is 3.55. The Morgan fingerprint density at radius 1 is 1.24 bits per heavy atom. The largest absolute Gasteiger partial charge is 0.397 e. The van der Waals surface area contributed by atoms with Crippen LogP contribution in [0.25, 0.3) is 0 Å². The number of rotatable bonds is 5. The summed E-state index contributed by atoms with van der Waals surface area (Å²) in [7, 11) is -2.09. The van der Waals surface area contributed by atoms with Gasteiger partial charge in [0, 0.05) is 16.3 Å². The average Bonchev–Trinajstić information content (AvgIpc) is 2.76. The van der Waals surface area contributed by atoms with Crippen molar-refractivity contribution in [2.24, 2.45) is 0 Å². The first-order valence-electron chi connectivity index (χ1n) is 6.46. The molecule has 0 aliphatic heterocycles. The summed E-state index contributed by atoms with van der Waals surface area (Å²) in [6.07, 6.45) is 0. The average molecular weight is 325 g/mol. The third-order valence-electron chi connectivity index (χ3n) is 3.27. The van der Waals surface area contributed by atoms with Crippen molar-refractivity contribution in [3.05, 3.63) is 39.6 Å². The second kappa shape index (κ2) is 6.05. The number of sulfonamides is 1. The van der Waals surface area contributed by atoms with Gasteiger partial charge in [0.15, 0.2) is 0 Å². The van der Waals surface area contributed by atoms with E-state index in [9.17, 15) is 8.42 Å². The first-order chi connectivity index (χ1) is 9.83. The zero-order valence-electron chi connectivity index (χ0n) is 12.2. The second-order valence-electron chi connectivity index (χ2n) is 4.76. The molecule has 0 spiro atoms. The molecule has 4 N–H and O–H groups in total. The highest BCUT2D eigenvalue weighted by Gasteiger charge is 2.13. The molecule has 0 bridgehead atoms. The van der Waals surface area contributed by atoms with Crippen LogP contribution in [-0.2, 0) is 16.6 Å². The molecule has 0 saturated carbocycles. The summed E-state index contributed by atoms with van der Waals surface area (Å²) in [5.41, 5.74) is 8.34. The van der Waals surface area contributed by atoms with Crippen LogP contribution in [0, 0.1) is 13.8 Å². The van der Waals surface area contributed by atoms with Crippen LogP contribution in [0.1, 0.15) is 15.3 Å². The number of thiophene rings is 1. The van der Waals surface area contributed by atoms with Crippen molar-refractivity contribution in [1.82, 2.24) is 4.72 Å². The Morgan fingerprint density at radius 2 is 1.95 bits per heavy atom. The summed E-state index contributed by atoms with van der Waals surface area (Å²) in [6, 6.07) is 6.82. The lowest BCUT2D eigenvalue weighted by Crippen LogP contribution is -2.18. The first-order valence-corrected chi connectivity index (χ1v) is 8.76. The molecule has 7 heteroatoms. The lowest BCUT2D eigenvalue weighted by atomic mass is 10.2. The predicted octanol–water partition coefficient (Wildman–Crippen LogP) is 2.47. The predicted molar refractivity (Wildman–Crippen MR) is 88.2 cm³/mol. The van der Waals surface area contributed by atoms with E-state index in [0.717, 1.165) is 5.69 Å². The van der Waals surface area contributed by atoms with Crippen LogP contribution in [0.5, 0.6) is 0 Å². The maximum atomic E-state index is 11.7. The fourth-order valence-corrected chi connectivity index (χ4v) is 3.66. The normalized spacial score (nSPS) is 11.6. The molecule has 0 amide bonds. The van der Waals surface area contributed by atoms with Crippen LogP contribution in [0.15, 0.2) is 29.2 Å². The highest BCUT2D eigenvalue weighted by Crippen LogP contribution is 2.25. The number of nitrogens with two attached hydrogens (primary N) is 1. The molecular formula is C14H19N3O2S2.